The van der Waals surface area contributed by atoms with Gasteiger partial charge in [0.05, 0.1) is 18.3 Å². The van der Waals surface area contributed by atoms with Crippen molar-refractivity contribution in [3.05, 3.63) is 35.1 Å². The fourth-order valence-electron chi connectivity index (χ4n) is 3.20. The van der Waals surface area contributed by atoms with Crippen LogP contribution in [0.5, 0.6) is 0 Å². The fraction of sp³-hybridized carbons (Fsp3) is 0.421. The summed E-state index contributed by atoms with van der Waals surface area (Å²) < 4.78 is 10.8. The summed E-state index contributed by atoms with van der Waals surface area (Å²) in [7, 11) is 0. The number of fused-ring (bicyclic) bond motifs is 1. The maximum atomic E-state index is 11.7. The van der Waals surface area contributed by atoms with Crippen LogP contribution in [0.4, 0.5) is 0 Å². The van der Waals surface area contributed by atoms with Crippen LogP contribution in [0.1, 0.15) is 39.0 Å². The summed E-state index contributed by atoms with van der Waals surface area (Å²) >= 11 is 0. The molecular formula is C19H22O4. The molecule has 0 bridgehead atoms. The molecule has 1 heterocycles. The number of carbonyl (C=O) groups excluding carboxylic acids is 1. The molecule has 1 aromatic heterocycles. The van der Waals surface area contributed by atoms with E-state index in [1.54, 1.807) is 6.92 Å². The van der Waals surface area contributed by atoms with Crippen molar-refractivity contribution < 1.29 is 19.1 Å². The van der Waals surface area contributed by atoms with E-state index in [2.05, 4.69) is 0 Å². The highest BCUT2D eigenvalue weighted by atomic mass is 16.5. The van der Waals surface area contributed by atoms with Crippen molar-refractivity contribution in [2.75, 3.05) is 6.61 Å². The predicted molar refractivity (Wildman–Crippen MR) is 89.1 cm³/mol. The molecular weight excluding hydrogens is 292 g/mol. The van der Waals surface area contributed by atoms with Gasteiger partial charge in [-0.1, -0.05) is 43.5 Å². The quantitative estimate of drug-likeness (QED) is 0.883. The van der Waals surface area contributed by atoms with Gasteiger partial charge in [-0.25, -0.2) is 4.79 Å². The van der Waals surface area contributed by atoms with E-state index in [9.17, 15) is 9.90 Å². The summed E-state index contributed by atoms with van der Waals surface area (Å²) in [4.78, 5) is 11.7. The molecule has 0 amide bonds. The Kier molecular flexibility index (Phi) is 4.53. The Morgan fingerprint density at radius 2 is 1.87 bits per heavy atom. The van der Waals surface area contributed by atoms with Crippen molar-refractivity contribution in [1.29, 1.82) is 0 Å². The van der Waals surface area contributed by atoms with Crippen LogP contribution in [0.25, 0.3) is 22.9 Å². The van der Waals surface area contributed by atoms with Crippen LogP contribution in [0, 0.1) is 0 Å². The lowest BCUT2D eigenvalue weighted by molar-refractivity contribution is -0.135. The first-order valence-corrected chi connectivity index (χ1v) is 8.23. The highest BCUT2D eigenvalue weighted by molar-refractivity contribution is 6.01. The number of benzene rings is 1. The van der Waals surface area contributed by atoms with Gasteiger partial charge in [0.15, 0.2) is 0 Å². The van der Waals surface area contributed by atoms with Gasteiger partial charge in [-0.05, 0) is 25.8 Å². The van der Waals surface area contributed by atoms with E-state index < -0.39 is 11.6 Å². The van der Waals surface area contributed by atoms with Crippen molar-refractivity contribution in [3.63, 3.8) is 0 Å². The number of rotatable bonds is 3. The smallest absolute Gasteiger partial charge is 0.334 e. The van der Waals surface area contributed by atoms with Gasteiger partial charge in [-0.2, -0.15) is 0 Å². The second-order valence-electron chi connectivity index (χ2n) is 6.08. The van der Waals surface area contributed by atoms with Crippen LogP contribution in [-0.4, -0.2) is 23.3 Å². The Morgan fingerprint density at radius 3 is 2.52 bits per heavy atom. The zero-order valence-electron chi connectivity index (χ0n) is 13.4. The summed E-state index contributed by atoms with van der Waals surface area (Å²) in [6.45, 7) is 2.09. The van der Waals surface area contributed by atoms with E-state index in [1.807, 2.05) is 30.3 Å². The van der Waals surface area contributed by atoms with E-state index in [0.29, 0.717) is 17.4 Å². The molecule has 4 nitrogen and oxygen atoms in total. The molecule has 122 valence electrons. The maximum Gasteiger partial charge on any atom is 0.334 e. The van der Waals surface area contributed by atoms with Gasteiger partial charge in [-0.3, -0.25) is 0 Å². The van der Waals surface area contributed by atoms with Crippen LogP contribution in [0.15, 0.2) is 28.7 Å². The molecule has 0 unspecified atom stereocenters. The number of carbonyl (C=O) groups is 1. The van der Waals surface area contributed by atoms with Gasteiger partial charge < -0.3 is 14.3 Å². The standard InChI is InChI=1S/C19H22O4/c1-2-22-18(20)12-16-14-8-4-5-9-15(14)17(23-16)13-19(21)10-6-3-7-11-19/h4-5,8-9,12-13,21H,2-3,6-7,10-11H2,1H3/b16-12-,17-13-. The first-order chi connectivity index (χ1) is 11.1. The zero-order valence-corrected chi connectivity index (χ0v) is 13.4. The zero-order chi connectivity index (χ0) is 16.3. The lowest BCUT2D eigenvalue weighted by Crippen LogP contribution is -2.30. The molecule has 4 heteroatoms. The number of hydrogen-bond donors (Lipinski definition) is 1. The topological polar surface area (TPSA) is 59.7 Å². The van der Waals surface area contributed by atoms with Gasteiger partial charge in [0.1, 0.15) is 10.8 Å². The molecule has 0 saturated heterocycles. The van der Waals surface area contributed by atoms with E-state index in [4.69, 9.17) is 9.15 Å². The first kappa shape index (κ1) is 15.8. The average Bonchev–Trinajstić information content (AvgIpc) is 2.86. The third-order valence-electron chi connectivity index (χ3n) is 4.33. The minimum atomic E-state index is -0.819. The van der Waals surface area contributed by atoms with Gasteiger partial charge in [-0.15, -0.1) is 0 Å². The summed E-state index contributed by atoms with van der Waals surface area (Å²) in [6.07, 6.45) is 7.89. The van der Waals surface area contributed by atoms with Crippen molar-refractivity contribution in [1.82, 2.24) is 0 Å². The second-order valence-corrected chi connectivity index (χ2v) is 6.08. The van der Waals surface area contributed by atoms with Gasteiger partial charge in [0, 0.05) is 10.8 Å². The highest BCUT2D eigenvalue weighted by Gasteiger charge is 2.27. The Balaban J connectivity index is 2.13. The van der Waals surface area contributed by atoms with Crippen molar-refractivity contribution >= 4 is 28.9 Å². The van der Waals surface area contributed by atoms with Crippen molar-refractivity contribution in [3.8, 4) is 0 Å². The number of esters is 1. The lowest BCUT2D eigenvalue weighted by Gasteiger charge is -2.28. The minimum Gasteiger partial charge on any atom is -0.463 e. The second kappa shape index (κ2) is 6.59. The molecule has 0 aliphatic heterocycles. The SMILES string of the molecule is CCOC(=O)/C=c1\o/c(=C\C2(O)CCCCC2)c2ccccc12. The van der Waals surface area contributed by atoms with Crippen LogP contribution in [0.3, 0.4) is 0 Å². The Hall–Kier alpha value is -2.07. The summed E-state index contributed by atoms with van der Waals surface area (Å²) in [5, 5.41) is 12.5. The largest absolute Gasteiger partial charge is 0.463 e. The van der Waals surface area contributed by atoms with Gasteiger partial charge >= 0.3 is 5.97 Å². The highest BCUT2D eigenvalue weighted by Crippen LogP contribution is 2.29. The molecule has 1 aliphatic rings. The molecule has 3 rings (SSSR count). The monoisotopic (exact) mass is 314 g/mol. The number of hydrogen-bond acceptors (Lipinski definition) is 4. The molecule has 0 spiro atoms. The Morgan fingerprint density at radius 1 is 1.22 bits per heavy atom. The summed E-state index contributed by atoms with van der Waals surface area (Å²) in [6, 6.07) is 7.68. The Bertz CT molecular complexity index is 809. The molecule has 2 aromatic rings. The molecule has 23 heavy (non-hydrogen) atoms. The molecule has 0 atom stereocenters. The van der Waals surface area contributed by atoms with Crippen LogP contribution in [-0.2, 0) is 9.53 Å². The maximum absolute atomic E-state index is 11.7. The average molecular weight is 314 g/mol. The molecule has 1 aliphatic carbocycles. The molecule has 1 saturated carbocycles. The van der Waals surface area contributed by atoms with E-state index in [-0.39, 0.29) is 0 Å². The number of furan rings is 1. The van der Waals surface area contributed by atoms with E-state index in [1.165, 1.54) is 6.08 Å². The van der Waals surface area contributed by atoms with Crippen molar-refractivity contribution in [2.24, 2.45) is 0 Å². The molecule has 1 aromatic carbocycles. The van der Waals surface area contributed by atoms with Crippen LogP contribution >= 0.6 is 0 Å². The van der Waals surface area contributed by atoms with Crippen LogP contribution < -0.4 is 10.8 Å². The minimum absolute atomic E-state index is 0.326. The molecule has 1 fully saturated rings. The third-order valence-corrected chi connectivity index (χ3v) is 4.33. The normalized spacial score (nSPS) is 19.2. The van der Waals surface area contributed by atoms with E-state index >= 15 is 0 Å². The van der Waals surface area contributed by atoms with Crippen molar-refractivity contribution in [2.45, 2.75) is 44.6 Å². The molecule has 1 N–H and O–H groups in total. The van der Waals surface area contributed by atoms with Crippen LogP contribution in [0.2, 0.25) is 0 Å². The van der Waals surface area contributed by atoms with Gasteiger partial charge in [0.2, 0.25) is 0 Å². The number of ether oxygens (including phenoxy) is 1. The summed E-state index contributed by atoms with van der Waals surface area (Å²) in [5.74, 6) is -0.421. The Labute approximate surface area is 135 Å². The molecule has 0 radical (unpaired) electrons. The fourth-order valence-corrected chi connectivity index (χ4v) is 3.20. The first-order valence-electron chi connectivity index (χ1n) is 8.23. The third kappa shape index (κ3) is 3.48. The predicted octanol–water partition coefficient (Wildman–Crippen LogP) is 2.25. The number of aliphatic hydroxyl groups is 1. The summed E-state index contributed by atoms with van der Waals surface area (Å²) in [5.41, 5.74) is 0.283. The van der Waals surface area contributed by atoms with Gasteiger partial charge in [0.25, 0.3) is 0 Å². The lowest BCUT2D eigenvalue weighted by atomic mass is 9.84. The van der Waals surface area contributed by atoms with E-state index in [0.717, 1.165) is 42.9 Å².